The molecule has 1 heterocycles. The van der Waals surface area contributed by atoms with Crippen LogP contribution >= 0.6 is 39.3 Å². The zero-order valence-corrected chi connectivity index (χ0v) is 13.2. The minimum Gasteiger partial charge on any atom is -0.478 e. The monoisotopic (exact) mass is 375 g/mol. The van der Waals surface area contributed by atoms with Gasteiger partial charge in [-0.15, -0.1) is 0 Å². The molecule has 104 valence electrons. The summed E-state index contributed by atoms with van der Waals surface area (Å²) in [5.41, 5.74) is 0.147. The molecule has 20 heavy (non-hydrogen) atoms. The van der Waals surface area contributed by atoms with Crippen LogP contribution in [0.1, 0.15) is 10.4 Å². The van der Waals surface area contributed by atoms with Crippen LogP contribution in [-0.2, 0) is 0 Å². The smallest absolute Gasteiger partial charge is 0.336 e. The van der Waals surface area contributed by atoms with Gasteiger partial charge in [0.1, 0.15) is 0 Å². The molecule has 1 aromatic heterocycles. The summed E-state index contributed by atoms with van der Waals surface area (Å²) in [5.74, 6) is -1.04. The van der Waals surface area contributed by atoms with Gasteiger partial charge in [0.25, 0.3) is 0 Å². The number of carboxylic acid groups (broad SMARTS) is 1. The molecule has 0 aliphatic heterocycles. The summed E-state index contributed by atoms with van der Waals surface area (Å²) in [6, 6.07) is 4.88. The standard InChI is InChI=1S/C11H7BrClN3O3S/c1-19-10-14-9(13)15-11(16-10)20-7-4-5(12)2-3-6(7)8(17)18/h2-4H,1H3,(H,17,18). The van der Waals surface area contributed by atoms with E-state index in [1.165, 1.54) is 13.2 Å². The minimum atomic E-state index is -1.04. The third-order valence-electron chi connectivity index (χ3n) is 2.12. The molecular weight excluding hydrogens is 370 g/mol. The summed E-state index contributed by atoms with van der Waals surface area (Å²) < 4.78 is 5.64. The summed E-state index contributed by atoms with van der Waals surface area (Å²) >= 11 is 10.1. The first-order chi connectivity index (χ1) is 9.49. The number of hydrogen-bond donors (Lipinski definition) is 1. The van der Waals surface area contributed by atoms with E-state index < -0.39 is 5.97 Å². The molecule has 2 rings (SSSR count). The number of hydrogen-bond acceptors (Lipinski definition) is 6. The predicted molar refractivity (Wildman–Crippen MR) is 76.6 cm³/mol. The Labute approximate surface area is 131 Å². The quantitative estimate of drug-likeness (QED) is 0.877. The fourth-order valence-corrected chi connectivity index (χ4v) is 2.93. The van der Waals surface area contributed by atoms with Crippen molar-refractivity contribution in [2.75, 3.05) is 7.11 Å². The third-order valence-corrected chi connectivity index (χ3v) is 3.71. The van der Waals surface area contributed by atoms with Crippen LogP contribution in [0.3, 0.4) is 0 Å². The largest absolute Gasteiger partial charge is 0.478 e. The summed E-state index contributed by atoms with van der Waals surface area (Å²) in [6.07, 6.45) is 0. The number of benzene rings is 1. The number of nitrogens with zero attached hydrogens (tertiary/aromatic N) is 3. The molecule has 0 aliphatic rings. The lowest BCUT2D eigenvalue weighted by Gasteiger charge is -2.06. The number of aromatic carboxylic acids is 1. The number of carboxylic acids is 1. The molecule has 0 amide bonds. The van der Waals surface area contributed by atoms with E-state index in [1.807, 2.05) is 0 Å². The van der Waals surface area contributed by atoms with Crippen molar-refractivity contribution in [3.63, 3.8) is 0 Å². The Balaban J connectivity index is 2.41. The molecule has 6 nitrogen and oxygen atoms in total. The highest BCUT2D eigenvalue weighted by molar-refractivity contribution is 9.10. The SMILES string of the molecule is COc1nc(Cl)nc(Sc2cc(Br)ccc2C(=O)O)n1. The molecule has 0 saturated heterocycles. The number of carbonyl (C=O) groups is 1. The van der Waals surface area contributed by atoms with Crippen LogP contribution in [0, 0.1) is 0 Å². The van der Waals surface area contributed by atoms with Gasteiger partial charge in [0.15, 0.2) is 5.16 Å². The summed E-state index contributed by atoms with van der Waals surface area (Å²) in [7, 11) is 1.40. The lowest BCUT2D eigenvalue weighted by molar-refractivity contribution is 0.0693. The molecule has 0 aliphatic carbocycles. The molecule has 1 aromatic carbocycles. The minimum absolute atomic E-state index is 0.0220. The number of halogens is 2. The first-order valence-electron chi connectivity index (χ1n) is 5.16. The molecule has 0 radical (unpaired) electrons. The molecule has 0 fully saturated rings. The van der Waals surface area contributed by atoms with Gasteiger partial charge < -0.3 is 9.84 Å². The first-order valence-corrected chi connectivity index (χ1v) is 7.14. The van der Waals surface area contributed by atoms with Crippen LogP contribution in [0.25, 0.3) is 0 Å². The van der Waals surface area contributed by atoms with Crippen molar-refractivity contribution in [1.82, 2.24) is 15.0 Å². The van der Waals surface area contributed by atoms with Gasteiger partial charge in [-0.3, -0.25) is 0 Å². The number of ether oxygens (including phenoxy) is 1. The average molecular weight is 377 g/mol. The maximum Gasteiger partial charge on any atom is 0.336 e. The van der Waals surface area contributed by atoms with Crippen LogP contribution in [0.4, 0.5) is 0 Å². The lowest BCUT2D eigenvalue weighted by Crippen LogP contribution is -2.00. The van der Waals surface area contributed by atoms with E-state index in [0.717, 1.165) is 16.2 Å². The second-order valence-electron chi connectivity index (χ2n) is 3.42. The molecule has 0 atom stereocenters. The number of aromatic nitrogens is 3. The van der Waals surface area contributed by atoms with E-state index in [2.05, 4.69) is 30.9 Å². The van der Waals surface area contributed by atoms with Gasteiger partial charge in [0.05, 0.1) is 12.7 Å². The lowest BCUT2D eigenvalue weighted by atomic mass is 10.2. The van der Waals surface area contributed by atoms with Gasteiger partial charge in [-0.1, -0.05) is 15.9 Å². The van der Waals surface area contributed by atoms with Crippen molar-refractivity contribution >= 4 is 45.3 Å². The summed E-state index contributed by atoms with van der Waals surface area (Å²) in [6.45, 7) is 0. The van der Waals surface area contributed by atoms with Crippen molar-refractivity contribution in [3.05, 3.63) is 33.5 Å². The molecule has 2 aromatic rings. The Bertz CT molecular complexity index is 671. The Kier molecular flexibility index (Phi) is 4.79. The fraction of sp³-hybridized carbons (Fsp3) is 0.0909. The molecule has 0 bridgehead atoms. The van der Waals surface area contributed by atoms with Crippen molar-refractivity contribution < 1.29 is 14.6 Å². The molecule has 0 unspecified atom stereocenters. The van der Waals surface area contributed by atoms with Gasteiger partial charge in [-0.2, -0.15) is 15.0 Å². The van der Waals surface area contributed by atoms with E-state index in [9.17, 15) is 4.79 Å². The van der Waals surface area contributed by atoms with E-state index in [4.69, 9.17) is 21.4 Å². The Morgan fingerprint density at radius 1 is 1.40 bits per heavy atom. The van der Waals surface area contributed by atoms with Crippen LogP contribution in [-0.4, -0.2) is 33.1 Å². The highest BCUT2D eigenvalue weighted by atomic mass is 79.9. The van der Waals surface area contributed by atoms with E-state index >= 15 is 0 Å². The summed E-state index contributed by atoms with van der Waals surface area (Å²) in [5, 5.41) is 9.39. The highest BCUT2D eigenvalue weighted by Gasteiger charge is 2.14. The average Bonchev–Trinajstić information content (AvgIpc) is 2.37. The van der Waals surface area contributed by atoms with Crippen LogP contribution in [0.15, 0.2) is 32.7 Å². The molecular formula is C11H7BrClN3O3S. The van der Waals surface area contributed by atoms with E-state index in [0.29, 0.717) is 4.90 Å². The van der Waals surface area contributed by atoms with Crippen molar-refractivity contribution in [2.24, 2.45) is 0 Å². The van der Waals surface area contributed by atoms with Crippen LogP contribution < -0.4 is 4.74 Å². The first kappa shape index (κ1) is 15.0. The second kappa shape index (κ2) is 6.38. The number of methoxy groups -OCH3 is 1. The van der Waals surface area contributed by atoms with Gasteiger partial charge in [0, 0.05) is 9.37 Å². The number of rotatable bonds is 4. The molecule has 0 saturated carbocycles. The normalized spacial score (nSPS) is 10.3. The van der Waals surface area contributed by atoms with Crippen molar-refractivity contribution in [1.29, 1.82) is 0 Å². The maximum atomic E-state index is 11.2. The summed E-state index contributed by atoms with van der Waals surface area (Å²) in [4.78, 5) is 23.3. The van der Waals surface area contributed by atoms with Gasteiger partial charge in [-0.25, -0.2) is 4.79 Å². The van der Waals surface area contributed by atoms with Crippen molar-refractivity contribution in [2.45, 2.75) is 10.1 Å². The van der Waals surface area contributed by atoms with Gasteiger partial charge in [-0.05, 0) is 41.6 Å². The molecule has 1 N–H and O–H groups in total. The Morgan fingerprint density at radius 2 is 2.15 bits per heavy atom. The zero-order chi connectivity index (χ0) is 14.7. The second-order valence-corrected chi connectivity index (χ2v) is 5.68. The Morgan fingerprint density at radius 3 is 2.80 bits per heavy atom. The molecule has 0 spiro atoms. The fourth-order valence-electron chi connectivity index (χ4n) is 1.31. The maximum absolute atomic E-state index is 11.2. The Hall–Kier alpha value is -1.38. The third kappa shape index (κ3) is 3.59. The highest BCUT2D eigenvalue weighted by Crippen LogP contribution is 2.31. The van der Waals surface area contributed by atoms with E-state index in [-0.39, 0.29) is 22.0 Å². The van der Waals surface area contributed by atoms with Gasteiger partial charge in [0.2, 0.25) is 5.28 Å². The van der Waals surface area contributed by atoms with E-state index in [1.54, 1.807) is 12.1 Å². The zero-order valence-electron chi connectivity index (χ0n) is 10.0. The van der Waals surface area contributed by atoms with Gasteiger partial charge >= 0.3 is 12.0 Å². The van der Waals surface area contributed by atoms with Crippen LogP contribution in [0.5, 0.6) is 6.01 Å². The molecule has 9 heteroatoms. The van der Waals surface area contributed by atoms with Crippen LogP contribution in [0.2, 0.25) is 5.28 Å². The topological polar surface area (TPSA) is 85.2 Å². The van der Waals surface area contributed by atoms with Crippen molar-refractivity contribution in [3.8, 4) is 6.01 Å². The predicted octanol–water partition coefficient (Wildman–Crippen LogP) is 3.15.